The van der Waals surface area contributed by atoms with Crippen LogP contribution in [0, 0.1) is 0 Å². The van der Waals surface area contributed by atoms with Crippen LogP contribution in [0.5, 0.6) is 0 Å². The Bertz CT molecular complexity index is 489. The molecule has 0 atom stereocenters. The molecule has 1 aromatic carbocycles. The molecule has 1 aromatic rings. The van der Waals surface area contributed by atoms with Crippen LogP contribution in [0.25, 0.3) is 0 Å². The van der Waals surface area contributed by atoms with Gasteiger partial charge in [0.2, 0.25) is 10.9 Å². The fraction of sp³-hybridized carbons (Fsp3) is 0.250. The van der Waals surface area contributed by atoms with Gasteiger partial charge in [-0.25, -0.2) is 17.9 Å². The average Bonchev–Trinajstić information content (AvgIpc) is 2.17. The molecule has 0 aliphatic carbocycles. The van der Waals surface area contributed by atoms with Gasteiger partial charge in [-0.05, 0) is 12.1 Å². The van der Waals surface area contributed by atoms with E-state index >= 15 is 0 Å². The van der Waals surface area contributed by atoms with Crippen LogP contribution in [0.4, 0.5) is 5.69 Å². The zero-order chi connectivity index (χ0) is 13.5. The van der Waals surface area contributed by atoms with Gasteiger partial charge >= 0.3 is 0 Å². The number of anilines is 1. The lowest BCUT2D eigenvalue weighted by Crippen LogP contribution is -2.21. The SMILES string of the molecule is CN(C)[SH](=O)=O.NS(=O)(=O)Nc1ccccc1. The maximum atomic E-state index is 10.5. The summed E-state index contributed by atoms with van der Waals surface area (Å²) in [7, 11) is -3.00. The molecule has 0 aliphatic rings. The molecule has 0 fully saturated rings. The maximum Gasteiger partial charge on any atom is 0.296 e. The van der Waals surface area contributed by atoms with E-state index < -0.39 is 21.1 Å². The summed E-state index contributed by atoms with van der Waals surface area (Å²) in [5.74, 6) is 0. The summed E-state index contributed by atoms with van der Waals surface area (Å²) in [5, 5.41) is 4.73. The minimum Gasteiger partial charge on any atom is -0.271 e. The van der Waals surface area contributed by atoms with Crippen molar-refractivity contribution in [3.05, 3.63) is 30.3 Å². The quantitative estimate of drug-likeness (QED) is 0.641. The summed E-state index contributed by atoms with van der Waals surface area (Å²) in [6.45, 7) is 0. The highest BCUT2D eigenvalue weighted by Crippen LogP contribution is 2.04. The highest BCUT2D eigenvalue weighted by Gasteiger charge is 1.98. The number of benzene rings is 1. The molecule has 0 saturated carbocycles. The molecule has 3 N–H and O–H groups in total. The topological polar surface area (TPSA) is 110 Å². The molecule has 0 aromatic heterocycles. The Morgan fingerprint density at radius 1 is 1.18 bits per heavy atom. The lowest BCUT2D eigenvalue weighted by Gasteiger charge is -2.00. The van der Waals surface area contributed by atoms with E-state index in [0.717, 1.165) is 4.31 Å². The van der Waals surface area contributed by atoms with E-state index in [-0.39, 0.29) is 0 Å². The number of nitrogens with zero attached hydrogens (tertiary/aromatic N) is 1. The van der Waals surface area contributed by atoms with Gasteiger partial charge in [0.15, 0.2) is 0 Å². The Balaban J connectivity index is 0.000000366. The van der Waals surface area contributed by atoms with E-state index in [4.69, 9.17) is 5.14 Å². The first-order valence-corrected chi connectivity index (χ1v) is 7.07. The highest BCUT2D eigenvalue weighted by atomic mass is 32.2. The second-order valence-corrected chi connectivity index (χ2v) is 5.67. The van der Waals surface area contributed by atoms with Crippen LogP contribution in [0.3, 0.4) is 0 Å². The first-order valence-electron chi connectivity index (χ1n) is 4.39. The molecule has 0 bridgehead atoms. The molecular formula is C8H15N3O4S2. The van der Waals surface area contributed by atoms with Gasteiger partial charge in [0.1, 0.15) is 0 Å². The first kappa shape index (κ1) is 15.8. The molecule has 0 radical (unpaired) electrons. The van der Waals surface area contributed by atoms with Gasteiger partial charge in [-0.2, -0.15) is 8.42 Å². The van der Waals surface area contributed by atoms with Crippen molar-refractivity contribution < 1.29 is 16.8 Å². The second-order valence-electron chi connectivity index (χ2n) is 3.10. The molecule has 0 unspecified atom stereocenters. The maximum absolute atomic E-state index is 10.5. The average molecular weight is 281 g/mol. The molecule has 1 rings (SSSR count). The third kappa shape index (κ3) is 9.75. The first-order chi connectivity index (χ1) is 7.72. The van der Waals surface area contributed by atoms with Crippen molar-refractivity contribution in [2.45, 2.75) is 0 Å². The van der Waals surface area contributed by atoms with Crippen molar-refractivity contribution >= 4 is 26.8 Å². The van der Waals surface area contributed by atoms with Crippen molar-refractivity contribution in [2.24, 2.45) is 5.14 Å². The summed E-state index contributed by atoms with van der Waals surface area (Å²) in [6, 6.07) is 8.45. The van der Waals surface area contributed by atoms with Crippen molar-refractivity contribution in [2.75, 3.05) is 18.8 Å². The third-order valence-corrected chi connectivity index (χ3v) is 2.53. The number of hydrogen-bond acceptors (Lipinski definition) is 4. The Morgan fingerprint density at radius 3 is 1.88 bits per heavy atom. The van der Waals surface area contributed by atoms with E-state index in [1.54, 1.807) is 30.3 Å². The van der Waals surface area contributed by atoms with Crippen LogP contribution in [-0.4, -0.2) is 35.2 Å². The van der Waals surface area contributed by atoms with Crippen LogP contribution < -0.4 is 9.86 Å². The number of nitrogens with one attached hydrogen (secondary N) is 1. The van der Waals surface area contributed by atoms with Gasteiger partial charge in [0.25, 0.3) is 10.2 Å². The molecule has 0 amide bonds. The summed E-state index contributed by atoms with van der Waals surface area (Å²) >= 11 is 0. The normalized spacial score (nSPS) is 10.9. The predicted octanol–water partition coefficient (Wildman–Crippen LogP) is -0.624. The van der Waals surface area contributed by atoms with E-state index in [1.165, 1.54) is 14.1 Å². The Labute approximate surface area is 103 Å². The smallest absolute Gasteiger partial charge is 0.271 e. The Hall–Kier alpha value is -1.16. The summed E-state index contributed by atoms with van der Waals surface area (Å²) in [5.41, 5.74) is 0.468. The van der Waals surface area contributed by atoms with Crippen molar-refractivity contribution in [1.29, 1.82) is 0 Å². The fourth-order valence-electron chi connectivity index (χ4n) is 0.670. The van der Waals surface area contributed by atoms with Gasteiger partial charge in [-0.1, -0.05) is 18.2 Å². The number of thiol groups is 1. The van der Waals surface area contributed by atoms with Gasteiger partial charge in [-0.3, -0.25) is 4.72 Å². The van der Waals surface area contributed by atoms with E-state index in [9.17, 15) is 16.8 Å². The number of hydrogen-bond donors (Lipinski definition) is 3. The van der Waals surface area contributed by atoms with Crippen LogP contribution in [0.15, 0.2) is 30.3 Å². The molecule has 17 heavy (non-hydrogen) atoms. The molecule has 0 saturated heterocycles. The molecule has 0 heterocycles. The summed E-state index contributed by atoms with van der Waals surface area (Å²) < 4.78 is 43.5. The van der Waals surface area contributed by atoms with Gasteiger partial charge in [0, 0.05) is 19.8 Å². The lowest BCUT2D eigenvalue weighted by atomic mass is 10.3. The second kappa shape index (κ2) is 7.22. The molecular weight excluding hydrogens is 266 g/mol. The van der Waals surface area contributed by atoms with Gasteiger partial charge in [-0.15, -0.1) is 0 Å². The lowest BCUT2D eigenvalue weighted by molar-refractivity contribution is 0.544. The van der Waals surface area contributed by atoms with Crippen LogP contribution in [-0.2, 0) is 21.1 Å². The Kier molecular flexibility index (Phi) is 6.73. The van der Waals surface area contributed by atoms with Crippen LogP contribution in [0.1, 0.15) is 0 Å². The van der Waals surface area contributed by atoms with Gasteiger partial charge in [0.05, 0.1) is 0 Å². The largest absolute Gasteiger partial charge is 0.296 e. The number of nitrogens with two attached hydrogens (primary N) is 1. The monoisotopic (exact) mass is 281 g/mol. The highest BCUT2D eigenvalue weighted by molar-refractivity contribution is 7.90. The molecule has 0 aliphatic heterocycles. The molecule has 7 nitrogen and oxygen atoms in total. The number of para-hydroxylation sites is 1. The number of rotatable bonds is 3. The fourth-order valence-corrected chi connectivity index (χ4v) is 1.14. The van der Waals surface area contributed by atoms with E-state index in [2.05, 4.69) is 4.72 Å². The van der Waals surface area contributed by atoms with Crippen molar-refractivity contribution in [3.8, 4) is 0 Å². The van der Waals surface area contributed by atoms with Crippen LogP contribution in [0.2, 0.25) is 0 Å². The third-order valence-electron chi connectivity index (χ3n) is 1.36. The van der Waals surface area contributed by atoms with Gasteiger partial charge < -0.3 is 0 Å². The zero-order valence-corrected chi connectivity index (χ0v) is 11.1. The molecule has 9 heteroatoms. The van der Waals surface area contributed by atoms with Crippen molar-refractivity contribution in [3.63, 3.8) is 0 Å². The van der Waals surface area contributed by atoms with E-state index in [1.807, 2.05) is 0 Å². The minimum absolute atomic E-state index is 0.468. The Morgan fingerprint density at radius 2 is 1.59 bits per heavy atom. The zero-order valence-electron chi connectivity index (χ0n) is 9.40. The van der Waals surface area contributed by atoms with E-state index in [0.29, 0.717) is 5.69 Å². The predicted molar refractivity (Wildman–Crippen MR) is 67.2 cm³/mol. The standard InChI is InChI=1S/C6H8N2O2S.C2H7NO2S/c7-11(9,10)8-6-4-2-1-3-5-6;1-3(2)6(4)5/h1-5,8H,(H2,7,9,10);6H,1-2H3. The van der Waals surface area contributed by atoms with Crippen LogP contribution >= 0.6 is 0 Å². The molecule has 0 spiro atoms. The minimum atomic E-state index is -3.63. The summed E-state index contributed by atoms with van der Waals surface area (Å²) in [6.07, 6.45) is 0. The van der Waals surface area contributed by atoms with Crippen molar-refractivity contribution in [1.82, 2.24) is 4.31 Å². The molecule has 98 valence electrons. The summed E-state index contributed by atoms with van der Waals surface area (Å²) in [4.78, 5) is 0.